The van der Waals surface area contributed by atoms with Gasteiger partial charge in [0.05, 0.1) is 24.5 Å². The summed E-state index contributed by atoms with van der Waals surface area (Å²) >= 11 is 0. The SMILES string of the molecule is CCOc1cc(-c2ccccc2)nc2c1CC(COC(c1ccccc1)(c1ccccc1)c1ccccc1)O2. The first-order valence-corrected chi connectivity index (χ1v) is 13.5. The van der Waals surface area contributed by atoms with E-state index < -0.39 is 5.60 Å². The van der Waals surface area contributed by atoms with E-state index in [0.29, 0.717) is 25.5 Å². The summed E-state index contributed by atoms with van der Waals surface area (Å²) in [6.07, 6.45) is 0.467. The molecule has 0 amide bonds. The lowest BCUT2D eigenvalue weighted by atomic mass is 9.80. The Morgan fingerprint density at radius 2 is 1.26 bits per heavy atom. The van der Waals surface area contributed by atoms with Gasteiger partial charge in [-0.1, -0.05) is 121 Å². The van der Waals surface area contributed by atoms with Crippen LogP contribution in [0.15, 0.2) is 127 Å². The Bertz CT molecular complexity index is 1410. The van der Waals surface area contributed by atoms with Gasteiger partial charge in [0, 0.05) is 18.1 Å². The van der Waals surface area contributed by atoms with Crippen molar-refractivity contribution in [1.82, 2.24) is 4.98 Å². The highest BCUT2D eigenvalue weighted by atomic mass is 16.6. The first-order chi connectivity index (χ1) is 19.3. The van der Waals surface area contributed by atoms with E-state index in [4.69, 9.17) is 19.2 Å². The zero-order valence-corrected chi connectivity index (χ0v) is 22.0. The van der Waals surface area contributed by atoms with Crippen molar-refractivity contribution < 1.29 is 14.2 Å². The summed E-state index contributed by atoms with van der Waals surface area (Å²) in [7, 11) is 0. The average Bonchev–Trinajstić information content (AvgIpc) is 3.43. The number of benzene rings is 4. The minimum atomic E-state index is -0.798. The van der Waals surface area contributed by atoms with E-state index in [1.54, 1.807) is 0 Å². The van der Waals surface area contributed by atoms with E-state index in [1.165, 1.54) is 0 Å². The largest absolute Gasteiger partial charge is 0.493 e. The molecule has 1 atom stereocenters. The molecule has 0 spiro atoms. The van der Waals surface area contributed by atoms with Gasteiger partial charge in [-0.3, -0.25) is 0 Å². The molecule has 4 heteroatoms. The third-order valence-corrected chi connectivity index (χ3v) is 7.15. The van der Waals surface area contributed by atoms with Gasteiger partial charge in [0.15, 0.2) is 0 Å². The van der Waals surface area contributed by atoms with E-state index >= 15 is 0 Å². The van der Waals surface area contributed by atoms with Crippen molar-refractivity contribution in [3.8, 4) is 22.9 Å². The van der Waals surface area contributed by atoms with Crippen molar-refractivity contribution in [2.45, 2.75) is 25.0 Å². The summed E-state index contributed by atoms with van der Waals surface area (Å²) in [4.78, 5) is 4.88. The van der Waals surface area contributed by atoms with Crippen LogP contribution >= 0.6 is 0 Å². The topological polar surface area (TPSA) is 40.6 Å². The molecular formula is C35H31NO3. The number of hydrogen-bond acceptors (Lipinski definition) is 4. The number of fused-ring (bicyclic) bond motifs is 1. The molecule has 1 aromatic heterocycles. The van der Waals surface area contributed by atoms with Crippen molar-refractivity contribution in [3.05, 3.63) is 150 Å². The molecular weight excluding hydrogens is 482 g/mol. The first kappa shape index (κ1) is 24.9. The molecule has 6 rings (SSSR count). The van der Waals surface area contributed by atoms with Gasteiger partial charge in [0.1, 0.15) is 17.5 Å². The number of rotatable bonds is 9. The van der Waals surface area contributed by atoms with Crippen LogP contribution in [0.2, 0.25) is 0 Å². The van der Waals surface area contributed by atoms with Gasteiger partial charge in [-0.05, 0) is 23.6 Å². The maximum absolute atomic E-state index is 7.02. The third kappa shape index (κ3) is 4.91. The lowest BCUT2D eigenvalue weighted by Crippen LogP contribution is -2.36. The molecule has 0 N–H and O–H groups in total. The molecule has 39 heavy (non-hydrogen) atoms. The summed E-state index contributed by atoms with van der Waals surface area (Å²) in [5.74, 6) is 1.45. The van der Waals surface area contributed by atoms with Crippen LogP contribution in [0.5, 0.6) is 11.6 Å². The molecule has 0 saturated heterocycles. The Morgan fingerprint density at radius 1 is 0.744 bits per heavy atom. The van der Waals surface area contributed by atoms with E-state index in [0.717, 1.165) is 39.3 Å². The Morgan fingerprint density at radius 3 is 1.77 bits per heavy atom. The van der Waals surface area contributed by atoms with Gasteiger partial charge in [-0.2, -0.15) is 0 Å². The summed E-state index contributed by atoms with van der Waals surface area (Å²) < 4.78 is 19.5. The molecule has 1 aliphatic rings. The fraction of sp³-hybridized carbons (Fsp3) is 0.171. The molecule has 0 fully saturated rings. The summed E-state index contributed by atoms with van der Waals surface area (Å²) in [6.45, 7) is 2.95. The molecule has 0 aliphatic carbocycles. The minimum Gasteiger partial charge on any atom is -0.493 e. The quantitative estimate of drug-likeness (QED) is 0.192. The summed E-state index contributed by atoms with van der Waals surface area (Å²) in [6, 6.07) is 43.4. The number of nitrogens with zero attached hydrogens (tertiary/aromatic N) is 1. The van der Waals surface area contributed by atoms with Gasteiger partial charge in [0.25, 0.3) is 0 Å². The van der Waals surface area contributed by atoms with Crippen LogP contribution in [0.25, 0.3) is 11.3 Å². The predicted molar refractivity (Wildman–Crippen MR) is 154 cm³/mol. The zero-order valence-electron chi connectivity index (χ0n) is 22.0. The molecule has 1 unspecified atom stereocenters. The van der Waals surface area contributed by atoms with E-state index in [1.807, 2.05) is 61.5 Å². The fourth-order valence-corrected chi connectivity index (χ4v) is 5.36. The summed E-state index contributed by atoms with van der Waals surface area (Å²) in [5.41, 5.74) is 5.27. The highest BCUT2D eigenvalue weighted by Gasteiger charge is 2.39. The van der Waals surface area contributed by atoms with Crippen LogP contribution in [0.4, 0.5) is 0 Å². The number of ether oxygens (including phenoxy) is 3. The molecule has 2 heterocycles. The van der Waals surface area contributed by atoms with Crippen molar-refractivity contribution in [1.29, 1.82) is 0 Å². The average molecular weight is 514 g/mol. The first-order valence-electron chi connectivity index (χ1n) is 13.5. The van der Waals surface area contributed by atoms with Crippen LogP contribution in [-0.4, -0.2) is 24.3 Å². The third-order valence-electron chi connectivity index (χ3n) is 7.15. The van der Waals surface area contributed by atoms with Crippen LogP contribution in [-0.2, 0) is 16.8 Å². The molecule has 0 bridgehead atoms. The Kier molecular flexibility index (Phi) is 7.11. The van der Waals surface area contributed by atoms with E-state index in [2.05, 4.69) is 72.8 Å². The molecule has 4 aromatic carbocycles. The second-order valence-electron chi connectivity index (χ2n) is 9.62. The van der Waals surface area contributed by atoms with Gasteiger partial charge in [-0.25, -0.2) is 4.98 Å². The van der Waals surface area contributed by atoms with E-state index in [9.17, 15) is 0 Å². The second kappa shape index (κ2) is 11.1. The van der Waals surface area contributed by atoms with Crippen molar-refractivity contribution in [3.63, 3.8) is 0 Å². The molecule has 0 radical (unpaired) electrons. The van der Waals surface area contributed by atoms with Gasteiger partial charge in [0.2, 0.25) is 5.88 Å². The Hall–Kier alpha value is -4.41. The molecule has 0 saturated carbocycles. The highest BCUT2D eigenvalue weighted by Crippen LogP contribution is 2.42. The second-order valence-corrected chi connectivity index (χ2v) is 9.62. The zero-order chi connectivity index (χ0) is 26.5. The van der Waals surface area contributed by atoms with Crippen LogP contribution in [0, 0.1) is 0 Å². The molecule has 4 nitrogen and oxygen atoms in total. The number of pyridine rings is 1. The maximum atomic E-state index is 7.02. The van der Waals surface area contributed by atoms with Crippen molar-refractivity contribution in [2.24, 2.45) is 0 Å². The molecule has 194 valence electrons. The van der Waals surface area contributed by atoms with Crippen LogP contribution in [0.3, 0.4) is 0 Å². The maximum Gasteiger partial charge on any atom is 0.221 e. The van der Waals surface area contributed by atoms with Crippen LogP contribution in [0.1, 0.15) is 29.2 Å². The minimum absolute atomic E-state index is 0.201. The van der Waals surface area contributed by atoms with Gasteiger partial charge >= 0.3 is 0 Å². The lowest BCUT2D eigenvalue weighted by Gasteiger charge is -2.36. The Balaban J connectivity index is 1.35. The van der Waals surface area contributed by atoms with E-state index in [-0.39, 0.29) is 6.10 Å². The van der Waals surface area contributed by atoms with Gasteiger partial charge in [-0.15, -0.1) is 0 Å². The monoisotopic (exact) mass is 513 g/mol. The standard InChI is InChI=1S/C35H31NO3/c1-2-37-33-24-32(26-15-7-3-8-16-26)36-34-31(33)23-30(39-34)25-38-35(27-17-9-4-10-18-27,28-19-11-5-12-20-28)29-21-13-6-14-22-29/h3-22,24,30H,2,23,25H2,1H3. The Labute approximate surface area is 229 Å². The fourth-order valence-electron chi connectivity index (χ4n) is 5.36. The highest BCUT2D eigenvalue weighted by molar-refractivity contribution is 5.64. The molecule has 5 aromatic rings. The van der Waals surface area contributed by atoms with Gasteiger partial charge < -0.3 is 14.2 Å². The number of aromatic nitrogens is 1. The normalized spacial score (nSPS) is 14.4. The van der Waals surface area contributed by atoms with Crippen molar-refractivity contribution >= 4 is 0 Å². The van der Waals surface area contributed by atoms with Crippen LogP contribution < -0.4 is 9.47 Å². The lowest BCUT2D eigenvalue weighted by molar-refractivity contribution is -0.0257. The summed E-state index contributed by atoms with van der Waals surface area (Å²) in [5, 5.41) is 0. The molecule has 1 aliphatic heterocycles. The smallest absolute Gasteiger partial charge is 0.221 e. The number of hydrogen-bond donors (Lipinski definition) is 0. The predicted octanol–water partition coefficient (Wildman–Crippen LogP) is 7.46. The van der Waals surface area contributed by atoms with Crippen molar-refractivity contribution in [2.75, 3.05) is 13.2 Å².